The number of amides is 1. The lowest BCUT2D eigenvalue weighted by Crippen LogP contribution is -2.23. The van der Waals surface area contributed by atoms with Gasteiger partial charge in [-0.1, -0.05) is 35.4 Å². The molecule has 2 aromatic rings. The number of rotatable bonds is 4. The molecule has 0 saturated carbocycles. The second-order valence-electron chi connectivity index (χ2n) is 5.08. The van der Waals surface area contributed by atoms with Crippen LogP contribution in [0.1, 0.15) is 11.1 Å². The van der Waals surface area contributed by atoms with E-state index in [2.05, 4.69) is 5.32 Å². The molecular formula is C16H16ClNO3S. The average Bonchev–Trinajstić information content (AvgIpc) is 2.42. The molecule has 0 aliphatic rings. The number of aryl methyl sites for hydroxylation is 2. The number of benzene rings is 2. The molecule has 6 heteroatoms. The van der Waals surface area contributed by atoms with E-state index in [9.17, 15) is 13.2 Å². The van der Waals surface area contributed by atoms with Crippen LogP contribution in [0, 0.1) is 13.8 Å². The van der Waals surface area contributed by atoms with Gasteiger partial charge in [0.15, 0.2) is 9.84 Å². The van der Waals surface area contributed by atoms with Crippen molar-refractivity contribution >= 4 is 33.0 Å². The second-order valence-corrected chi connectivity index (χ2v) is 7.48. The van der Waals surface area contributed by atoms with E-state index in [0.717, 1.165) is 11.1 Å². The molecule has 0 fully saturated rings. The molecule has 0 aliphatic heterocycles. The quantitative estimate of drug-likeness (QED) is 0.930. The van der Waals surface area contributed by atoms with E-state index in [1.165, 1.54) is 12.1 Å². The van der Waals surface area contributed by atoms with Crippen LogP contribution in [0.4, 0.5) is 5.69 Å². The van der Waals surface area contributed by atoms with E-state index in [4.69, 9.17) is 11.6 Å². The molecule has 0 atom stereocenters. The van der Waals surface area contributed by atoms with E-state index >= 15 is 0 Å². The van der Waals surface area contributed by atoms with Crippen LogP contribution in [0.15, 0.2) is 47.4 Å². The van der Waals surface area contributed by atoms with Crippen molar-refractivity contribution < 1.29 is 13.2 Å². The number of hydrogen-bond donors (Lipinski definition) is 1. The summed E-state index contributed by atoms with van der Waals surface area (Å²) >= 11 is 5.97. The second kappa shape index (κ2) is 6.50. The summed E-state index contributed by atoms with van der Waals surface area (Å²) < 4.78 is 24.4. The van der Waals surface area contributed by atoms with Crippen molar-refractivity contribution in [3.05, 3.63) is 58.6 Å². The minimum absolute atomic E-state index is 0.134. The van der Waals surface area contributed by atoms with Crippen molar-refractivity contribution in [3.8, 4) is 0 Å². The van der Waals surface area contributed by atoms with Crippen LogP contribution in [0.5, 0.6) is 0 Å². The summed E-state index contributed by atoms with van der Waals surface area (Å²) in [7, 11) is -3.66. The fourth-order valence-corrected chi connectivity index (χ4v) is 3.18. The number of carbonyl (C=O) groups is 1. The smallest absolute Gasteiger partial charge is 0.239 e. The van der Waals surface area contributed by atoms with E-state index in [-0.39, 0.29) is 4.90 Å². The zero-order valence-corrected chi connectivity index (χ0v) is 13.8. The maximum Gasteiger partial charge on any atom is 0.239 e. The summed E-state index contributed by atoms with van der Waals surface area (Å²) in [5.41, 5.74) is 2.31. The highest BCUT2D eigenvalue weighted by molar-refractivity contribution is 7.92. The topological polar surface area (TPSA) is 63.2 Å². The standard InChI is InChI=1S/C16H16ClNO3S/c1-11-3-7-14(8-4-11)22(20,21)10-16(19)18-13-6-5-12(2)15(17)9-13/h3-9H,10H2,1-2H3,(H,18,19). The molecule has 4 nitrogen and oxygen atoms in total. The number of hydrogen-bond acceptors (Lipinski definition) is 3. The van der Waals surface area contributed by atoms with Gasteiger partial charge in [-0.05, 0) is 43.7 Å². The maximum absolute atomic E-state index is 12.2. The summed E-state index contributed by atoms with van der Waals surface area (Å²) in [6.45, 7) is 3.71. The van der Waals surface area contributed by atoms with Gasteiger partial charge >= 0.3 is 0 Å². The number of carbonyl (C=O) groups excluding carboxylic acids is 1. The van der Waals surface area contributed by atoms with Crippen LogP contribution in [0.2, 0.25) is 5.02 Å². The zero-order valence-electron chi connectivity index (χ0n) is 12.3. The van der Waals surface area contributed by atoms with E-state index in [0.29, 0.717) is 10.7 Å². The third-order valence-corrected chi connectivity index (χ3v) is 5.20. The minimum Gasteiger partial charge on any atom is -0.325 e. The van der Waals surface area contributed by atoms with Gasteiger partial charge in [0.05, 0.1) is 4.90 Å². The summed E-state index contributed by atoms with van der Waals surface area (Å²) in [6.07, 6.45) is 0. The molecule has 1 amide bonds. The Morgan fingerprint density at radius 3 is 2.32 bits per heavy atom. The van der Waals surface area contributed by atoms with E-state index in [1.807, 2.05) is 13.8 Å². The van der Waals surface area contributed by atoms with Crippen molar-refractivity contribution in [2.24, 2.45) is 0 Å². The highest BCUT2D eigenvalue weighted by Crippen LogP contribution is 2.20. The van der Waals surface area contributed by atoms with Crippen LogP contribution >= 0.6 is 11.6 Å². The van der Waals surface area contributed by atoms with Crippen LogP contribution < -0.4 is 5.32 Å². The molecule has 2 aromatic carbocycles. The van der Waals surface area contributed by atoms with E-state index < -0.39 is 21.5 Å². The molecule has 2 rings (SSSR count). The Morgan fingerprint density at radius 1 is 1.09 bits per heavy atom. The fourth-order valence-electron chi connectivity index (χ4n) is 1.87. The van der Waals surface area contributed by atoms with Gasteiger partial charge in [-0.25, -0.2) is 8.42 Å². The molecule has 0 spiro atoms. The SMILES string of the molecule is Cc1ccc(S(=O)(=O)CC(=O)Nc2ccc(C)c(Cl)c2)cc1. The highest BCUT2D eigenvalue weighted by Gasteiger charge is 2.19. The average molecular weight is 338 g/mol. The Morgan fingerprint density at radius 2 is 1.73 bits per heavy atom. The first-order valence-electron chi connectivity index (χ1n) is 6.63. The van der Waals surface area contributed by atoms with Gasteiger partial charge in [0.1, 0.15) is 5.75 Å². The van der Waals surface area contributed by atoms with Crippen molar-refractivity contribution in [1.29, 1.82) is 0 Å². The molecule has 0 aliphatic carbocycles. The summed E-state index contributed by atoms with van der Waals surface area (Å²) in [5.74, 6) is -1.21. The maximum atomic E-state index is 12.2. The number of anilines is 1. The Labute approximate surface area is 135 Å². The van der Waals surface area contributed by atoms with Crippen molar-refractivity contribution in [3.63, 3.8) is 0 Å². The van der Waals surface area contributed by atoms with Gasteiger partial charge in [0.25, 0.3) is 0 Å². The lowest BCUT2D eigenvalue weighted by atomic mass is 10.2. The van der Waals surface area contributed by atoms with Gasteiger partial charge in [-0.15, -0.1) is 0 Å². The van der Waals surface area contributed by atoms with Gasteiger partial charge in [0, 0.05) is 10.7 Å². The van der Waals surface area contributed by atoms with E-state index in [1.54, 1.807) is 30.3 Å². The van der Waals surface area contributed by atoms with Gasteiger partial charge < -0.3 is 5.32 Å². The van der Waals surface area contributed by atoms with Crippen LogP contribution in [0.25, 0.3) is 0 Å². The summed E-state index contributed by atoms with van der Waals surface area (Å²) in [4.78, 5) is 12.1. The normalized spacial score (nSPS) is 11.2. The van der Waals surface area contributed by atoms with Crippen LogP contribution in [0.3, 0.4) is 0 Å². The predicted molar refractivity (Wildman–Crippen MR) is 88.1 cm³/mol. The first kappa shape index (κ1) is 16.5. The Hall–Kier alpha value is -1.85. The molecule has 0 radical (unpaired) electrons. The molecule has 116 valence electrons. The molecule has 0 unspecified atom stereocenters. The molecule has 0 heterocycles. The summed E-state index contributed by atoms with van der Waals surface area (Å²) in [5, 5.41) is 3.06. The third kappa shape index (κ3) is 4.08. The number of halogens is 1. The third-order valence-electron chi connectivity index (χ3n) is 3.16. The molecule has 22 heavy (non-hydrogen) atoms. The minimum atomic E-state index is -3.66. The lowest BCUT2D eigenvalue weighted by Gasteiger charge is -2.08. The molecular weight excluding hydrogens is 322 g/mol. The molecule has 0 saturated heterocycles. The van der Waals surface area contributed by atoms with Gasteiger partial charge in [-0.2, -0.15) is 0 Å². The molecule has 0 aromatic heterocycles. The number of sulfone groups is 1. The Kier molecular flexibility index (Phi) is 4.88. The van der Waals surface area contributed by atoms with Crippen LogP contribution in [-0.2, 0) is 14.6 Å². The highest BCUT2D eigenvalue weighted by atomic mass is 35.5. The van der Waals surface area contributed by atoms with Crippen molar-refractivity contribution in [1.82, 2.24) is 0 Å². The van der Waals surface area contributed by atoms with Gasteiger partial charge in [-0.3, -0.25) is 4.79 Å². The fraction of sp³-hybridized carbons (Fsp3) is 0.188. The van der Waals surface area contributed by atoms with Crippen molar-refractivity contribution in [2.75, 3.05) is 11.1 Å². The van der Waals surface area contributed by atoms with Gasteiger partial charge in [0.2, 0.25) is 5.91 Å². The summed E-state index contributed by atoms with van der Waals surface area (Å²) in [6, 6.07) is 11.4. The van der Waals surface area contributed by atoms with Crippen molar-refractivity contribution in [2.45, 2.75) is 18.7 Å². The molecule has 0 bridgehead atoms. The largest absolute Gasteiger partial charge is 0.325 e. The first-order valence-corrected chi connectivity index (χ1v) is 8.66. The predicted octanol–water partition coefficient (Wildman–Crippen LogP) is 3.37. The Balaban J connectivity index is 2.10. The first-order chi connectivity index (χ1) is 10.3. The number of nitrogens with one attached hydrogen (secondary N) is 1. The van der Waals surface area contributed by atoms with Crippen LogP contribution in [-0.4, -0.2) is 20.1 Å². The Bertz CT molecular complexity index is 799. The monoisotopic (exact) mass is 337 g/mol. The zero-order chi connectivity index (χ0) is 16.3. The molecule has 1 N–H and O–H groups in total. The lowest BCUT2D eigenvalue weighted by molar-refractivity contribution is -0.113.